The molecule has 1 saturated carbocycles. The molecule has 254 valence electrons. The molecule has 2 aromatic rings. The first-order chi connectivity index (χ1) is 22.0. The fraction of sp³-hybridized carbons (Fsp3) is 0.514. The van der Waals surface area contributed by atoms with Crippen molar-refractivity contribution in [3.05, 3.63) is 71.3 Å². The highest BCUT2D eigenvalue weighted by molar-refractivity contribution is 7.98. The number of rotatable bonds is 13. The summed E-state index contributed by atoms with van der Waals surface area (Å²) in [7, 11) is 0. The summed E-state index contributed by atoms with van der Waals surface area (Å²) >= 11 is 1.54. The number of benzene rings is 2. The molecule has 10 heteroatoms. The first-order valence-electron chi connectivity index (χ1n) is 16.0. The SMILES string of the molecule is C#Cc1ccccc1C(C(=O)NC(Cc1ccccc1)C(=O)OC(C)(C)C)N(C(=O)C(CCSC)NC(=O)OC(C)(C)C)C1CC1C. The van der Waals surface area contributed by atoms with Crippen molar-refractivity contribution in [2.24, 2.45) is 5.92 Å². The van der Waals surface area contributed by atoms with E-state index >= 15 is 0 Å². The molecule has 1 aliphatic carbocycles. The standard InChI is InChI=1S/C37H49N3O6S/c1-10-26-18-14-15-19-27(26)31(32(41)38-29(34(43)45-36(3,4)5)23-25-16-12-11-13-17-25)40(30-22-24(30)2)33(42)28(20-21-47-9)39-35(44)46-37(6,7)8/h1,11-19,24,28-31H,20-23H2,2-9H3,(H,38,41)(H,39,44). The van der Waals surface area contributed by atoms with Gasteiger partial charge < -0.3 is 25.0 Å². The lowest BCUT2D eigenvalue weighted by molar-refractivity contribution is -0.159. The first kappa shape index (κ1) is 37.5. The third-order valence-electron chi connectivity index (χ3n) is 7.51. The fourth-order valence-electron chi connectivity index (χ4n) is 5.25. The molecule has 0 bridgehead atoms. The molecular formula is C37H49N3O6S. The van der Waals surface area contributed by atoms with Crippen LogP contribution >= 0.6 is 11.8 Å². The molecule has 0 spiro atoms. The van der Waals surface area contributed by atoms with E-state index < -0.39 is 53.2 Å². The molecule has 5 atom stereocenters. The van der Waals surface area contributed by atoms with Crippen LogP contribution in [0.3, 0.4) is 0 Å². The molecule has 9 nitrogen and oxygen atoms in total. The smallest absolute Gasteiger partial charge is 0.408 e. The molecule has 1 fully saturated rings. The maximum Gasteiger partial charge on any atom is 0.408 e. The van der Waals surface area contributed by atoms with Crippen LogP contribution in [0.25, 0.3) is 0 Å². The van der Waals surface area contributed by atoms with Crippen LogP contribution in [-0.4, -0.2) is 70.1 Å². The van der Waals surface area contributed by atoms with E-state index in [4.69, 9.17) is 15.9 Å². The average Bonchev–Trinajstić information content (AvgIpc) is 3.71. The van der Waals surface area contributed by atoms with Crippen molar-refractivity contribution in [1.29, 1.82) is 0 Å². The summed E-state index contributed by atoms with van der Waals surface area (Å²) in [4.78, 5) is 57.2. The number of ether oxygens (including phenoxy) is 2. The van der Waals surface area contributed by atoms with Crippen LogP contribution in [0.1, 0.15) is 84.0 Å². The summed E-state index contributed by atoms with van der Waals surface area (Å²) in [5.74, 6) is 1.74. The summed E-state index contributed by atoms with van der Waals surface area (Å²) in [6, 6.07) is 12.8. The van der Waals surface area contributed by atoms with E-state index in [1.165, 1.54) is 11.8 Å². The molecule has 0 aliphatic heterocycles. The molecule has 3 amide bonds. The van der Waals surface area contributed by atoms with Gasteiger partial charge in [0.15, 0.2) is 0 Å². The van der Waals surface area contributed by atoms with Gasteiger partial charge in [-0.3, -0.25) is 9.59 Å². The van der Waals surface area contributed by atoms with Gasteiger partial charge in [-0.2, -0.15) is 11.8 Å². The fourth-order valence-corrected chi connectivity index (χ4v) is 5.72. The number of hydrogen-bond acceptors (Lipinski definition) is 7. The van der Waals surface area contributed by atoms with Crippen LogP contribution < -0.4 is 10.6 Å². The Labute approximate surface area is 283 Å². The van der Waals surface area contributed by atoms with Gasteiger partial charge >= 0.3 is 12.1 Å². The summed E-state index contributed by atoms with van der Waals surface area (Å²) in [5, 5.41) is 5.70. The van der Waals surface area contributed by atoms with E-state index in [2.05, 4.69) is 16.6 Å². The summed E-state index contributed by atoms with van der Waals surface area (Å²) < 4.78 is 11.2. The Kier molecular flexibility index (Phi) is 12.9. The van der Waals surface area contributed by atoms with Crippen LogP contribution in [-0.2, 0) is 30.3 Å². The number of carbonyl (C=O) groups excluding carboxylic acids is 4. The highest BCUT2D eigenvalue weighted by Gasteiger charge is 2.49. The van der Waals surface area contributed by atoms with E-state index in [1.807, 2.05) is 43.5 Å². The molecule has 0 radical (unpaired) electrons. The van der Waals surface area contributed by atoms with E-state index in [0.717, 1.165) is 5.56 Å². The number of nitrogens with one attached hydrogen (secondary N) is 2. The van der Waals surface area contributed by atoms with Crippen LogP contribution in [0.2, 0.25) is 0 Å². The monoisotopic (exact) mass is 663 g/mol. The molecule has 47 heavy (non-hydrogen) atoms. The third kappa shape index (κ3) is 11.4. The van der Waals surface area contributed by atoms with Crippen molar-refractivity contribution in [3.63, 3.8) is 0 Å². The van der Waals surface area contributed by atoms with Crippen molar-refractivity contribution in [3.8, 4) is 12.3 Å². The lowest BCUT2D eigenvalue weighted by atomic mass is 9.96. The van der Waals surface area contributed by atoms with Crippen LogP contribution in [0.4, 0.5) is 4.79 Å². The first-order valence-corrected chi connectivity index (χ1v) is 17.4. The molecule has 0 heterocycles. The van der Waals surface area contributed by atoms with Crippen molar-refractivity contribution in [2.45, 2.75) is 103 Å². The molecule has 2 aromatic carbocycles. The zero-order chi connectivity index (χ0) is 34.9. The number of esters is 1. The Bertz CT molecular complexity index is 1440. The number of terminal acetylenes is 1. The number of hydrogen-bond donors (Lipinski definition) is 2. The largest absolute Gasteiger partial charge is 0.458 e. The maximum atomic E-state index is 14.6. The normalized spacial score (nSPS) is 17.7. The molecule has 3 rings (SSSR count). The summed E-state index contributed by atoms with van der Waals surface area (Å²) in [5.41, 5.74) is 0.146. The van der Waals surface area contributed by atoms with Crippen LogP contribution in [0.5, 0.6) is 0 Å². The molecular weight excluding hydrogens is 614 g/mol. The Morgan fingerprint density at radius 3 is 2.09 bits per heavy atom. The summed E-state index contributed by atoms with van der Waals surface area (Å²) in [6.45, 7) is 12.5. The van der Waals surface area contributed by atoms with Crippen molar-refractivity contribution >= 4 is 35.6 Å². The van der Waals surface area contributed by atoms with Gasteiger partial charge in [0.05, 0.1) is 0 Å². The van der Waals surface area contributed by atoms with Crippen LogP contribution in [0, 0.1) is 18.3 Å². The van der Waals surface area contributed by atoms with E-state index in [1.54, 1.807) is 70.7 Å². The Morgan fingerprint density at radius 1 is 0.936 bits per heavy atom. The molecule has 0 saturated heterocycles. The predicted octanol–water partition coefficient (Wildman–Crippen LogP) is 5.66. The minimum atomic E-state index is -1.19. The zero-order valence-corrected chi connectivity index (χ0v) is 29.6. The van der Waals surface area contributed by atoms with Crippen molar-refractivity contribution in [2.75, 3.05) is 12.0 Å². The quantitative estimate of drug-likeness (QED) is 0.210. The van der Waals surface area contributed by atoms with Gasteiger partial charge in [0.2, 0.25) is 11.8 Å². The minimum absolute atomic E-state index is 0.0981. The van der Waals surface area contributed by atoms with Gasteiger partial charge in [0.1, 0.15) is 29.3 Å². The number of nitrogens with zero attached hydrogens (tertiary/aromatic N) is 1. The molecule has 5 unspecified atom stereocenters. The number of carbonyl (C=O) groups is 4. The van der Waals surface area contributed by atoms with E-state index in [9.17, 15) is 19.2 Å². The van der Waals surface area contributed by atoms with Gasteiger partial charge in [0, 0.05) is 18.0 Å². The minimum Gasteiger partial charge on any atom is -0.458 e. The molecule has 1 aliphatic rings. The topological polar surface area (TPSA) is 114 Å². The van der Waals surface area contributed by atoms with Gasteiger partial charge in [-0.25, -0.2) is 9.59 Å². The highest BCUT2D eigenvalue weighted by Crippen LogP contribution is 2.41. The predicted molar refractivity (Wildman–Crippen MR) is 186 cm³/mol. The highest BCUT2D eigenvalue weighted by atomic mass is 32.2. The second kappa shape index (κ2) is 16.2. The van der Waals surface area contributed by atoms with Gasteiger partial charge in [-0.15, -0.1) is 6.42 Å². The Hall–Kier alpha value is -3.97. The summed E-state index contributed by atoms with van der Waals surface area (Å²) in [6.07, 6.45) is 8.26. The lowest BCUT2D eigenvalue weighted by Gasteiger charge is -2.36. The second-order valence-electron chi connectivity index (χ2n) is 13.9. The van der Waals surface area contributed by atoms with Crippen LogP contribution in [0.15, 0.2) is 54.6 Å². The zero-order valence-electron chi connectivity index (χ0n) is 28.8. The van der Waals surface area contributed by atoms with E-state index in [-0.39, 0.29) is 18.4 Å². The number of thioether (sulfide) groups is 1. The average molecular weight is 664 g/mol. The second-order valence-corrected chi connectivity index (χ2v) is 14.9. The number of amides is 3. The van der Waals surface area contributed by atoms with Gasteiger partial charge in [-0.1, -0.05) is 61.4 Å². The Morgan fingerprint density at radius 2 is 1.53 bits per heavy atom. The molecule has 2 N–H and O–H groups in total. The third-order valence-corrected chi connectivity index (χ3v) is 8.15. The van der Waals surface area contributed by atoms with Gasteiger partial charge in [0.25, 0.3) is 0 Å². The lowest BCUT2D eigenvalue weighted by Crippen LogP contribution is -2.56. The molecule has 0 aromatic heterocycles. The Balaban J connectivity index is 2.10. The van der Waals surface area contributed by atoms with E-state index in [0.29, 0.717) is 29.7 Å². The number of alkyl carbamates (subject to hydrolysis) is 1. The van der Waals surface area contributed by atoms with Gasteiger partial charge in [-0.05, 0) is 89.5 Å². The van der Waals surface area contributed by atoms with Crippen molar-refractivity contribution in [1.82, 2.24) is 15.5 Å². The maximum absolute atomic E-state index is 14.6. The van der Waals surface area contributed by atoms with Crippen molar-refractivity contribution < 1.29 is 28.7 Å².